The first-order chi connectivity index (χ1) is 9.05. The number of hydrogen-bond acceptors (Lipinski definition) is 7. The molecule has 0 amide bonds. The van der Waals surface area contributed by atoms with Crippen LogP contribution in [0, 0.1) is 6.92 Å². The summed E-state index contributed by atoms with van der Waals surface area (Å²) in [6.07, 6.45) is 0.766. The van der Waals surface area contributed by atoms with Crippen molar-refractivity contribution in [3.8, 4) is 11.5 Å². The third-order valence-corrected chi connectivity index (χ3v) is 4.28. The van der Waals surface area contributed by atoms with Crippen LogP contribution < -0.4 is 5.32 Å². The smallest absolute Gasteiger partial charge is 0.262 e. The molecular formula is C12H18N4O2S. The molecule has 2 heterocycles. The zero-order valence-corrected chi connectivity index (χ0v) is 12.6. The number of ether oxygens (including phenoxy) is 1. The summed E-state index contributed by atoms with van der Waals surface area (Å²) in [7, 11) is 3.50. The maximum absolute atomic E-state index is 5.48. The van der Waals surface area contributed by atoms with Crippen LogP contribution in [0.25, 0.3) is 11.5 Å². The Hall–Kier alpha value is -1.47. The van der Waals surface area contributed by atoms with Gasteiger partial charge in [-0.2, -0.15) is 9.36 Å². The molecule has 0 fully saturated rings. The van der Waals surface area contributed by atoms with Crippen molar-refractivity contribution in [2.75, 3.05) is 19.5 Å². The highest BCUT2D eigenvalue weighted by atomic mass is 32.1. The second kappa shape index (κ2) is 5.26. The maximum atomic E-state index is 5.48. The van der Waals surface area contributed by atoms with Crippen molar-refractivity contribution in [3.05, 3.63) is 11.5 Å². The number of aryl methyl sites for hydroxylation is 1. The van der Waals surface area contributed by atoms with Crippen LogP contribution in [0.2, 0.25) is 0 Å². The Kier molecular flexibility index (Phi) is 3.86. The molecule has 1 N–H and O–H groups in total. The Morgan fingerprint density at radius 2 is 2.21 bits per heavy atom. The highest BCUT2D eigenvalue weighted by Gasteiger charge is 2.31. The predicted molar refractivity (Wildman–Crippen MR) is 74.3 cm³/mol. The molecule has 0 spiro atoms. The van der Waals surface area contributed by atoms with Crippen molar-refractivity contribution >= 4 is 16.5 Å². The average molecular weight is 282 g/mol. The normalized spacial score (nSPS) is 14.4. The number of methoxy groups -OCH3 is 1. The quantitative estimate of drug-likeness (QED) is 0.909. The minimum absolute atomic E-state index is 0.474. The molecule has 19 heavy (non-hydrogen) atoms. The number of aromatic nitrogens is 3. The zero-order chi connectivity index (χ0) is 14.0. The molecule has 2 aromatic rings. The first-order valence-corrected chi connectivity index (χ1v) is 6.86. The summed E-state index contributed by atoms with van der Waals surface area (Å²) in [5.41, 5.74) is 1.21. The van der Waals surface area contributed by atoms with E-state index in [-0.39, 0.29) is 0 Å². The van der Waals surface area contributed by atoms with Gasteiger partial charge >= 0.3 is 0 Å². The van der Waals surface area contributed by atoms with Crippen molar-refractivity contribution < 1.29 is 9.26 Å². The number of rotatable bonds is 5. The van der Waals surface area contributed by atoms with Crippen molar-refractivity contribution in [2.24, 2.45) is 0 Å². The fourth-order valence-corrected chi connectivity index (χ4v) is 2.46. The minimum Gasteiger partial charge on any atom is -0.378 e. The van der Waals surface area contributed by atoms with Gasteiger partial charge in [-0.05, 0) is 31.8 Å². The van der Waals surface area contributed by atoms with E-state index in [0.717, 1.165) is 22.7 Å². The summed E-state index contributed by atoms with van der Waals surface area (Å²) < 4.78 is 15.1. The number of nitrogens with zero attached hydrogens (tertiary/aromatic N) is 3. The monoisotopic (exact) mass is 282 g/mol. The molecule has 7 heteroatoms. The first-order valence-electron chi connectivity index (χ1n) is 6.09. The number of nitrogens with one attached hydrogen (secondary N) is 1. The molecule has 0 aliphatic rings. The van der Waals surface area contributed by atoms with E-state index in [1.165, 1.54) is 11.5 Å². The summed E-state index contributed by atoms with van der Waals surface area (Å²) in [5, 5.41) is 8.05. The van der Waals surface area contributed by atoms with Gasteiger partial charge in [0, 0.05) is 14.2 Å². The Morgan fingerprint density at radius 3 is 2.79 bits per heavy atom. The largest absolute Gasteiger partial charge is 0.378 e. The molecule has 0 saturated carbocycles. The summed E-state index contributed by atoms with van der Waals surface area (Å²) in [4.78, 5) is 4.46. The highest BCUT2D eigenvalue weighted by Crippen LogP contribution is 2.35. The van der Waals surface area contributed by atoms with Gasteiger partial charge in [0.05, 0.1) is 11.3 Å². The molecule has 0 aromatic carbocycles. The van der Waals surface area contributed by atoms with E-state index in [0.29, 0.717) is 11.7 Å². The zero-order valence-electron chi connectivity index (χ0n) is 11.8. The van der Waals surface area contributed by atoms with Crippen LogP contribution >= 0.6 is 11.5 Å². The molecule has 6 nitrogen and oxygen atoms in total. The summed E-state index contributed by atoms with van der Waals surface area (Å²) in [5.74, 6) is 1.03. The second-order valence-corrected chi connectivity index (χ2v) is 5.21. The van der Waals surface area contributed by atoms with E-state index in [1.807, 2.05) is 27.8 Å². The molecule has 0 aliphatic carbocycles. The van der Waals surface area contributed by atoms with Crippen LogP contribution in [0.4, 0.5) is 5.00 Å². The van der Waals surface area contributed by atoms with Crippen LogP contribution in [-0.4, -0.2) is 28.7 Å². The molecular weight excluding hydrogens is 264 g/mol. The lowest BCUT2D eigenvalue weighted by molar-refractivity contribution is -0.0106. The first kappa shape index (κ1) is 14.0. The fourth-order valence-electron chi connectivity index (χ4n) is 1.73. The third kappa shape index (κ3) is 2.35. The number of anilines is 1. The lowest BCUT2D eigenvalue weighted by Crippen LogP contribution is -2.24. The van der Waals surface area contributed by atoms with E-state index in [9.17, 15) is 0 Å². The fraction of sp³-hybridized carbons (Fsp3) is 0.583. The molecule has 1 unspecified atom stereocenters. The van der Waals surface area contributed by atoms with Gasteiger partial charge in [0.15, 0.2) is 0 Å². The Bertz CT molecular complexity index is 560. The van der Waals surface area contributed by atoms with E-state index in [2.05, 4.69) is 19.8 Å². The summed E-state index contributed by atoms with van der Waals surface area (Å²) in [6.45, 7) is 5.89. The maximum Gasteiger partial charge on any atom is 0.262 e. The van der Waals surface area contributed by atoms with Crippen LogP contribution in [0.15, 0.2) is 4.52 Å². The van der Waals surface area contributed by atoms with Gasteiger partial charge in [-0.15, -0.1) is 0 Å². The highest BCUT2D eigenvalue weighted by molar-refractivity contribution is 7.10. The van der Waals surface area contributed by atoms with Gasteiger partial charge in [-0.3, -0.25) is 0 Å². The Morgan fingerprint density at radius 1 is 1.47 bits per heavy atom. The van der Waals surface area contributed by atoms with Crippen molar-refractivity contribution in [1.82, 2.24) is 14.5 Å². The lowest BCUT2D eigenvalue weighted by Gasteiger charge is -2.21. The minimum atomic E-state index is -0.529. The van der Waals surface area contributed by atoms with E-state index < -0.39 is 5.60 Å². The summed E-state index contributed by atoms with van der Waals surface area (Å²) >= 11 is 1.38. The topological polar surface area (TPSA) is 73.1 Å². The van der Waals surface area contributed by atoms with E-state index in [4.69, 9.17) is 9.26 Å². The molecule has 0 bridgehead atoms. The van der Waals surface area contributed by atoms with E-state index in [1.54, 1.807) is 7.11 Å². The van der Waals surface area contributed by atoms with Gasteiger partial charge in [0.25, 0.3) is 5.89 Å². The molecule has 104 valence electrons. The predicted octanol–water partition coefficient (Wildman–Crippen LogP) is 2.81. The van der Waals surface area contributed by atoms with Crippen molar-refractivity contribution in [3.63, 3.8) is 0 Å². The summed E-state index contributed by atoms with van der Waals surface area (Å²) in [6, 6.07) is 0. The standard InChI is InChI=1S/C12H18N4O2S/c1-6-12(3,17-5)11-14-9(18-15-11)8-7(2)16-19-10(8)13-4/h13H,6H2,1-5H3. The number of hydrogen-bond donors (Lipinski definition) is 1. The van der Waals surface area contributed by atoms with Crippen LogP contribution in [-0.2, 0) is 10.3 Å². The molecule has 0 saturated heterocycles. The lowest BCUT2D eigenvalue weighted by atomic mass is 10.0. The molecule has 0 radical (unpaired) electrons. The molecule has 1 atom stereocenters. The van der Waals surface area contributed by atoms with E-state index >= 15 is 0 Å². The Labute approximate surface area is 116 Å². The van der Waals surface area contributed by atoms with Crippen molar-refractivity contribution in [1.29, 1.82) is 0 Å². The van der Waals surface area contributed by atoms with Crippen LogP contribution in [0.1, 0.15) is 31.8 Å². The van der Waals surface area contributed by atoms with Gasteiger partial charge < -0.3 is 14.6 Å². The van der Waals surface area contributed by atoms with Gasteiger partial charge in [0.1, 0.15) is 10.6 Å². The molecule has 2 aromatic heterocycles. The SMILES string of the molecule is CCC(C)(OC)c1noc(-c2c(C)nsc2NC)n1. The Balaban J connectivity index is 2.44. The van der Waals surface area contributed by atoms with Crippen LogP contribution in [0.5, 0.6) is 0 Å². The van der Waals surface area contributed by atoms with Gasteiger partial charge in [0.2, 0.25) is 5.82 Å². The second-order valence-electron chi connectivity index (χ2n) is 4.43. The van der Waals surface area contributed by atoms with Gasteiger partial charge in [-0.25, -0.2) is 0 Å². The van der Waals surface area contributed by atoms with Crippen molar-refractivity contribution in [2.45, 2.75) is 32.8 Å². The molecule has 0 aliphatic heterocycles. The molecule has 2 rings (SSSR count). The average Bonchev–Trinajstić information content (AvgIpc) is 3.04. The third-order valence-electron chi connectivity index (χ3n) is 3.33. The van der Waals surface area contributed by atoms with Crippen LogP contribution in [0.3, 0.4) is 0 Å². The van der Waals surface area contributed by atoms with Gasteiger partial charge in [-0.1, -0.05) is 12.1 Å².